The average molecular weight is 296 g/mol. The van der Waals surface area contributed by atoms with Gasteiger partial charge in [0.05, 0.1) is 0 Å². The van der Waals surface area contributed by atoms with Gasteiger partial charge in [-0.15, -0.1) is 0 Å². The molecule has 106 valence electrons. The minimum absolute atomic E-state index is 0.220. The van der Waals surface area contributed by atoms with Crippen molar-refractivity contribution in [2.24, 2.45) is 0 Å². The Hall–Kier alpha value is -1.83. The standard InChI is InChI=1S/C19H18ClN/c1-14(17-10-4-5-12-19(17)20)21-13-16-9-6-8-15-7-2-3-11-18(15)16/h2-12,14,21H,13H2,1H3. The van der Waals surface area contributed by atoms with E-state index in [4.69, 9.17) is 11.6 Å². The van der Waals surface area contributed by atoms with Gasteiger partial charge in [0, 0.05) is 17.6 Å². The normalized spacial score (nSPS) is 12.5. The smallest absolute Gasteiger partial charge is 0.0453 e. The molecule has 2 heteroatoms. The molecule has 1 unspecified atom stereocenters. The van der Waals surface area contributed by atoms with Crippen LogP contribution in [-0.4, -0.2) is 0 Å². The van der Waals surface area contributed by atoms with Gasteiger partial charge in [-0.1, -0.05) is 72.3 Å². The van der Waals surface area contributed by atoms with Crippen LogP contribution in [0.4, 0.5) is 0 Å². The van der Waals surface area contributed by atoms with E-state index in [9.17, 15) is 0 Å². The van der Waals surface area contributed by atoms with Crippen molar-refractivity contribution in [1.82, 2.24) is 5.32 Å². The Kier molecular flexibility index (Phi) is 4.23. The predicted octanol–water partition coefficient (Wildman–Crippen LogP) is 5.34. The maximum atomic E-state index is 6.26. The first-order valence-corrected chi connectivity index (χ1v) is 7.58. The highest BCUT2D eigenvalue weighted by Crippen LogP contribution is 2.23. The molecule has 0 radical (unpaired) electrons. The molecule has 0 fully saturated rings. The molecule has 0 saturated carbocycles. The van der Waals surface area contributed by atoms with E-state index in [2.05, 4.69) is 60.8 Å². The molecular weight excluding hydrogens is 278 g/mol. The van der Waals surface area contributed by atoms with E-state index in [1.54, 1.807) is 0 Å². The predicted molar refractivity (Wildman–Crippen MR) is 90.7 cm³/mol. The Balaban J connectivity index is 1.79. The fourth-order valence-electron chi connectivity index (χ4n) is 2.65. The quantitative estimate of drug-likeness (QED) is 0.684. The molecule has 1 nitrogen and oxygen atoms in total. The summed E-state index contributed by atoms with van der Waals surface area (Å²) in [4.78, 5) is 0. The summed E-state index contributed by atoms with van der Waals surface area (Å²) in [5, 5.41) is 6.96. The molecule has 0 saturated heterocycles. The Morgan fingerprint density at radius 3 is 2.48 bits per heavy atom. The van der Waals surface area contributed by atoms with Crippen LogP contribution in [-0.2, 0) is 6.54 Å². The van der Waals surface area contributed by atoms with E-state index >= 15 is 0 Å². The van der Waals surface area contributed by atoms with Gasteiger partial charge >= 0.3 is 0 Å². The molecule has 0 heterocycles. The van der Waals surface area contributed by atoms with Crippen LogP contribution in [0, 0.1) is 0 Å². The fraction of sp³-hybridized carbons (Fsp3) is 0.158. The van der Waals surface area contributed by atoms with Gasteiger partial charge in [-0.25, -0.2) is 0 Å². The molecular formula is C19H18ClN. The number of fused-ring (bicyclic) bond motifs is 1. The summed E-state index contributed by atoms with van der Waals surface area (Å²) < 4.78 is 0. The SMILES string of the molecule is CC(NCc1cccc2ccccc12)c1ccccc1Cl. The molecule has 3 aromatic rings. The summed E-state index contributed by atoms with van der Waals surface area (Å²) in [5.74, 6) is 0. The van der Waals surface area contributed by atoms with E-state index in [1.807, 2.05) is 18.2 Å². The molecule has 1 atom stereocenters. The molecule has 0 bridgehead atoms. The first-order valence-electron chi connectivity index (χ1n) is 7.20. The Labute approximate surface area is 130 Å². The van der Waals surface area contributed by atoms with Gasteiger partial charge in [0.1, 0.15) is 0 Å². The average Bonchev–Trinajstić information content (AvgIpc) is 2.53. The first-order chi connectivity index (χ1) is 10.3. The lowest BCUT2D eigenvalue weighted by Gasteiger charge is -2.16. The number of benzene rings is 3. The van der Waals surface area contributed by atoms with Gasteiger partial charge in [0.15, 0.2) is 0 Å². The molecule has 0 aliphatic rings. The lowest BCUT2D eigenvalue weighted by Crippen LogP contribution is -2.18. The van der Waals surface area contributed by atoms with Crippen LogP contribution >= 0.6 is 11.6 Å². The highest BCUT2D eigenvalue weighted by atomic mass is 35.5. The van der Waals surface area contributed by atoms with Crippen molar-refractivity contribution in [1.29, 1.82) is 0 Å². The number of hydrogen-bond acceptors (Lipinski definition) is 1. The molecule has 0 aliphatic carbocycles. The van der Waals surface area contributed by atoms with Gasteiger partial charge in [0.2, 0.25) is 0 Å². The summed E-state index contributed by atoms with van der Waals surface area (Å²) in [6, 6.07) is 23.1. The van der Waals surface area contributed by atoms with Gasteiger partial charge in [0.25, 0.3) is 0 Å². The first kappa shape index (κ1) is 14.1. The van der Waals surface area contributed by atoms with Crippen LogP contribution in [0.25, 0.3) is 10.8 Å². The fourth-order valence-corrected chi connectivity index (χ4v) is 2.95. The number of rotatable bonds is 4. The van der Waals surface area contributed by atoms with Crippen LogP contribution < -0.4 is 5.32 Å². The third-order valence-electron chi connectivity index (χ3n) is 3.85. The van der Waals surface area contributed by atoms with Gasteiger partial charge in [-0.3, -0.25) is 0 Å². The largest absolute Gasteiger partial charge is 0.306 e. The van der Waals surface area contributed by atoms with Gasteiger partial charge in [-0.2, -0.15) is 0 Å². The van der Waals surface area contributed by atoms with Gasteiger partial charge in [-0.05, 0) is 34.9 Å². The molecule has 0 amide bonds. The maximum Gasteiger partial charge on any atom is 0.0453 e. The van der Waals surface area contributed by atoms with Crippen molar-refractivity contribution in [3.63, 3.8) is 0 Å². The molecule has 21 heavy (non-hydrogen) atoms. The Bertz CT molecular complexity index is 746. The Morgan fingerprint density at radius 1 is 0.905 bits per heavy atom. The van der Waals surface area contributed by atoms with Crippen molar-refractivity contribution >= 4 is 22.4 Å². The minimum atomic E-state index is 0.220. The summed E-state index contributed by atoms with van der Waals surface area (Å²) in [6.45, 7) is 2.97. The van der Waals surface area contributed by atoms with Crippen molar-refractivity contribution in [3.8, 4) is 0 Å². The molecule has 3 aromatic carbocycles. The second kappa shape index (κ2) is 6.30. The van der Waals surface area contributed by atoms with Crippen molar-refractivity contribution in [2.45, 2.75) is 19.5 Å². The molecule has 0 spiro atoms. The Morgan fingerprint density at radius 2 is 1.62 bits per heavy atom. The lowest BCUT2D eigenvalue weighted by molar-refractivity contribution is 0.576. The van der Waals surface area contributed by atoms with Crippen LogP contribution in [0.1, 0.15) is 24.1 Å². The number of halogens is 1. The zero-order valence-corrected chi connectivity index (χ0v) is 12.8. The van der Waals surface area contributed by atoms with Gasteiger partial charge < -0.3 is 5.32 Å². The third kappa shape index (κ3) is 3.10. The maximum absolute atomic E-state index is 6.26. The lowest BCUT2D eigenvalue weighted by atomic mass is 10.0. The molecule has 1 N–H and O–H groups in total. The van der Waals surface area contributed by atoms with E-state index < -0.39 is 0 Å². The van der Waals surface area contributed by atoms with Crippen LogP contribution in [0.3, 0.4) is 0 Å². The summed E-state index contributed by atoms with van der Waals surface area (Å²) in [7, 11) is 0. The topological polar surface area (TPSA) is 12.0 Å². The molecule has 0 aromatic heterocycles. The monoisotopic (exact) mass is 295 g/mol. The molecule has 3 rings (SSSR count). The molecule has 0 aliphatic heterocycles. The van der Waals surface area contributed by atoms with Crippen LogP contribution in [0.2, 0.25) is 5.02 Å². The summed E-state index contributed by atoms with van der Waals surface area (Å²) in [5.41, 5.74) is 2.45. The van der Waals surface area contributed by atoms with E-state index in [0.29, 0.717) is 0 Å². The van der Waals surface area contributed by atoms with E-state index in [1.165, 1.54) is 16.3 Å². The second-order valence-corrected chi connectivity index (χ2v) is 5.67. The number of nitrogens with one attached hydrogen (secondary N) is 1. The third-order valence-corrected chi connectivity index (χ3v) is 4.19. The van der Waals surface area contributed by atoms with Crippen molar-refractivity contribution < 1.29 is 0 Å². The van der Waals surface area contributed by atoms with E-state index in [0.717, 1.165) is 17.1 Å². The van der Waals surface area contributed by atoms with Crippen molar-refractivity contribution in [3.05, 3.63) is 82.9 Å². The highest BCUT2D eigenvalue weighted by Gasteiger charge is 2.09. The minimum Gasteiger partial charge on any atom is -0.306 e. The number of hydrogen-bond donors (Lipinski definition) is 1. The van der Waals surface area contributed by atoms with E-state index in [-0.39, 0.29) is 6.04 Å². The van der Waals surface area contributed by atoms with Crippen LogP contribution in [0.15, 0.2) is 66.7 Å². The highest BCUT2D eigenvalue weighted by molar-refractivity contribution is 6.31. The van der Waals surface area contributed by atoms with Crippen LogP contribution in [0.5, 0.6) is 0 Å². The van der Waals surface area contributed by atoms with Crippen molar-refractivity contribution in [2.75, 3.05) is 0 Å². The summed E-state index contributed by atoms with van der Waals surface area (Å²) in [6.07, 6.45) is 0. The zero-order chi connectivity index (χ0) is 14.7. The summed E-state index contributed by atoms with van der Waals surface area (Å²) >= 11 is 6.26. The zero-order valence-electron chi connectivity index (χ0n) is 12.0. The second-order valence-electron chi connectivity index (χ2n) is 5.26.